The lowest BCUT2D eigenvalue weighted by atomic mass is 9.98. The van der Waals surface area contributed by atoms with Crippen molar-refractivity contribution in [1.82, 2.24) is 5.32 Å². The van der Waals surface area contributed by atoms with Crippen LogP contribution < -0.4 is 15.4 Å². The Kier molecular flexibility index (Phi) is 4.51. The van der Waals surface area contributed by atoms with Gasteiger partial charge in [-0.25, -0.2) is 0 Å². The van der Waals surface area contributed by atoms with Crippen molar-refractivity contribution in [3.8, 4) is 5.75 Å². The highest BCUT2D eigenvalue weighted by Gasteiger charge is 2.12. The summed E-state index contributed by atoms with van der Waals surface area (Å²) < 4.78 is 5.13. The fourth-order valence-corrected chi connectivity index (χ4v) is 2.38. The third kappa shape index (κ3) is 3.51. The molecule has 1 fully saturated rings. The van der Waals surface area contributed by atoms with Gasteiger partial charge in [0.15, 0.2) is 0 Å². The normalized spacial score (nSPS) is 16.8. The summed E-state index contributed by atoms with van der Waals surface area (Å²) >= 11 is 6.08. The van der Waals surface area contributed by atoms with Gasteiger partial charge in [0.2, 0.25) is 0 Å². The molecule has 3 nitrogen and oxygen atoms in total. The van der Waals surface area contributed by atoms with Crippen molar-refractivity contribution in [2.75, 3.05) is 32.1 Å². The Morgan fingerprint density at radius 2 is 2.18 bits per heavy atom. The number of hydrogen-bond acceptors (Lipinski definition) is 3. The first kappa shape index (κ1) is 12.5. The Hall–Kier alpha value is -0.930. The highest BCUT2D eigenvalue weighted by molar-refractivity contribution is 6.32. The quantitative estimate of drug-likeness (QED) is 0.867. The summed E-state index contributed by atoms with van der Waals surface area (Å²) in [4.78, 5) is 0. The maximum Gasteiger partial charge on any atom is 0.137 e. The van der Waals surface area contributed by atoms with E-state index in [9.17, 15) is 0 Å². The summed E-state index contributed by atoms with van der Waals surface area (Å²) in [7, 11) is 1.63. The lowest BCUT2D eigenvalue weighted by Gasteiger charge is -2.23. The van der Waals surface area contributed by atoms with Crippen LogP contribution in [0.15, 0.2) is 18.2 Å². The molecule has 0 saturated carbocycles. The van der Waals surface area contributed by atoms with E-state index in [4.69, 9.17) is 16.3 Å². The van der Waals surface area contributed by atoms with Crippen molar-refractivity contribution in [3.63, 3.8) is 0 Å². The first-order chi connectivity index (χ1) is 8.29. The summed E-state index contributed by atoms with van der Waals surface area (Å²) in [6, 6.07) is 5.82. The molecule has 1 heterocycles. The monoisotopic (exact) mass is 254 g/mol. The van der Waals surface area contributed by atoms with Gasteiger partial charge in [-0.05, 0) is 50.0 Å². The molecule has 0 aromatic heterocycles. The molecule has 94 valence electrons. The van der Waals surface area contributed by atoms with Crippen LogP contribution in [0.4, 0.5) is 5.69 Å². The maximum absolute atomic E-state index is 6.08. The highest BCUT2D eigenvalue weighted by atomic mass is 35.5. The van der Waals surface area contributed by atoms with E-state index in [-0.39, 0.29) is 0 Å². The van der Waals surface area contributed by atoms with Crippen molar-refractivity contribution in [2.24, 2.45) is 5.92 Å². The minimum atomic E-state index is 0.655. The van der Waals surface area contributed by atoms with Crippen LogP contribution >= 0.6 is 11.6 Å². The number of anilines is 1. The molecule has 1 aliphatic heterocycles. The van der Waals surface area contributed by atoms with Gasteiger partial charge in [-0.1, -0.05) is 11.6 Å². The fraction of sp³-hybridized carbons (Fsp3) is 0.538. The zero-order valence-electron chi connectivity index (χ0n) is 10.1. The Morgan fingerprint density at radius 1 is 1.41 bits per heavy atom. The molecule has 0 radical (unpaired) electrons. The molecular weight excluding hydrogens is 236 g/mol. The van der Waals surface area contributed by atoms with E-state index in [1.54, 1.807) is 7.11 Å². The Labute approximate surface area is 107 Å². The second kappa shape index (κ2) is 6.12. The minimum Gasteiger partial charge on any atom is -0.495 e. The third-order valence-electron chi connectivity index (χ3n) is 3.21. The number of hydrogen-bond donors (Lipinski definition) is 2. The van der Waals surface area contributed by atoms with Crippen molar-refractivity contribution < 1.29 is 4.74 Å². The van der Waals surface area contributed by atoms with Crippen LogP contribution in [0.25, 0.3) is 0 Å². The van der Waals surface area contributed by atoms with E-state index < -0.39 is 0 Å². The summed E-state index contributed by atoms with van der Waals surface area (Å²) in [5.41, 5.74) is 1.06. The van der Waals surface area contributed by atoms with Crippen LogP contribution in [-0.2, 0) is 0 Å². The first-order valence-electron chi connectivity index (χ1n) is 6.07. The van der Waals surface area contributed by atoms with E-state index in [1.807, 2.05) is 18.2 Å². The maximum atomic E-state index is 6.08. The van der Waals surface area contributed by atoms with Crippen LogP contribution in [0.2, 0.25) is 5.02 Å². The van der Waals surface area contributed by atoms with Crippen molar-refractivity contribution in [2.45, 2.75) is 12.8 Å². The summed E-state index contributed by atoms with van der Waals surface area (Å²) in [5.74, 6) is 1.48. The summed E-state index contributed by atoms with van der Waals surface area (Å²) in [5, 5.41) is 7.47. The highest BCUT2D eigenvalue weighted by Crippen LogP contribution is 2.27. The molecule has 0 bridgehead atoms. The molecule has 1 aromatic rings. The van der Waals surface area contributed by atoms with E-state index in [2.05, 4.69) is 10.6 Å². The number of piperidine rings is 1. The summed E-state index contributed by atoms with van der Waals surface area (Å²) in [6.07, 6.45) is 2.49. The van der Waals surface area contributed by atoms with E-state index in [0.717, 1.165) is 37.0 Å². The molecule has 1 aromatic carbocycles. The average Bonchev–Trinajstić information content (AvgIpc) is 2.38. The van der Waals surface area contributed by atoms with Gasteiger partial charge in [0.25, 0.3) is 0 Å². The summed E-state index contributed by atoms with van der Waals surface area (Å²) in [6.45, 7) is 3.29. The van der Waals surface area contributed by atoms with Gasteiger partial charge in [0.05, 0.1) is 12.1 Å². The second-order valence-electron chi connectivity index (χ2n) is 4.42. The topological polar surface area (TPSA) is 33.3 Å². The van der Waals surface area contributed by atoms with Gasteiger partial charge in [0, 0.05) is 12.2 Å². The molecule has 2 rings (SSSR count). The zero-order valence-corrected chi connectivity index (χ0v) is 10.9. The predicted octanol–water partition coefficient (Wildman–Crippen LogP) is 2.76. The van der Waals surface area contributed by atoms with Crippen LogP contribution in [0.5, 0.6) is 5.75 Å². The molecule has 0 aliphatic carbocycles. The van der Waals surface area contributed by atoms with Gasteiger partial charge in [-0.15, -0.1) is 0 Å². The van der Waals surface area contributed by atoms with E-state index in [0.29, 0.717) is 5.02 Å². The largest absolute Gasteiger partial charge is 0.495 e. The Balaban J connectivity index is 1.87. The molecular formula is C13H19ClN2O. The zero-order chi connectivity index (χ0) is 12.1. The fourth-order valence-electron chi connectivity index (χ4n) is 2.12. The van der Waals surface area contributed by atoms with Gasteiger partial charge in [-0.2, -0.15) is 0 Å². The molecule has 0 amide bonds. The predicted molar refractivity (Wildman–Crippen MR) is 72.1 cm³/mol. The second-order valence-corrected chi connectivity index (χ2v) is 4.83. The molecule has 0 unspecified atom stereocenters. The number of rotatable bonds is 4. The smallest absolute Gasteiger partial charge is 0.137 e. The van der Waals surface area contributed by atoms with Crippen molar-refractivity contribution in [1.29, 1.82) is 0 Å². The number of benzene rings is 1. The van der Waals surface area contributed by atoms with Gasteiger partial charge >= 0.3 is 0 Å². The molecule has 0 spiro atoms. The molecule has 4 heteroatoms. The van der Waals surface area contributed by atoms with Crippen molar-refractivity contribution in [3.05, 3.63) is 23.2 Å². The molecule has 0 atom stereocenters. The number of ether oxygens (including phenoxy) is 1. The van der Waals surface area contributed by atoms with Crippen molar-refractivity contribution >= 4 is 17.3 Å². The average molecular weight is 255 g/mol. The lowest BCUT2D eigenvalue weighted by Crippen LogP contribution is -2.31. The number of methoxy groups -OCH3 is 1. The number of nitrogens with one attached hydrogen (secondary N) is 2. The first-order valence-corrected chi connectivity index (χ1v) is 6.45. The van der Waals surface area contributed by atoms with Gasteiger partial charge in [0.1, 0.15) is 5.75 Å². The van der Waals surface area contributed by atoms with Crippen LogP contribution in [0.1, 0.15) is 12.8 Å². The van der Waals surface area contributed by atoms with Crippen LogP contribution in [0, 0.1) is 5.92 Å². The molecule has 1 saturated heterocycles. The third-order valence-corrected chi connectivity index (χ3v) is 3.50. The molecule has 1 aliphatic rings. The van der Waals surface area contributed by atoms with E-state index in [1.165, 1.54) is 12.8 Å². The Morgan fingerprint density at radius 3 is 2.82 bits per heavy atom. The number of halogens is 1. The van der Waals surface area contributed by atoms with Gasteiger partial charge in [-0.3, -0.25) is 0 Å². The van der Waals surface area contributed by atoms with Crippen LogP contribution in [-0.4, -0.2) is 26.7 Å². The lowest BCUT2D eigenvalue weighted by molar-refractivity contribution is 0.390. The molecule has 17 heavy (non-hydrogen) atoms. The minimum absolute atomic E-state index is 0.655. The van der Waals surface area contributed by atoms with E-state index >= 15 is 0 Å². The SMILES string of the molecule is COc1ccc(NCC2CCNCC2)cc1Cl. The van der Waals surface area contributed by atoms with Gasteiger partial charge < -0.3 is 15.4 Å². The Bertz CT molecular complexity index is 364. The van der Waals surface area contributed by atoms with Crippen LogP contribution in [0.3, 0.4) is 0 Å². The molecule has 2 N–H and O–H groups in total. The standard InChI is InChI=1S/C13H19ClN2O/c1-17-13-3-2-11(8-12(13)14)16-9-10-4-6-15-7-5-10/h2-3,8,10,15-16H,4-7,9H2,1H3.